The van der Waals surface area contributed by atoms with Crippen molar-refractivity contribution in [2.75, 3.05) is 19.3 Å². The predicted octanol–water partition coefficient (Wildman–Crippen LogP) is 1.94. The van der Waals surface area contributed by atoms with Gasteiger partial charge in [0.15, 0.2) is 6.29 Å². The average Bonchev–Trinajstić information content (AvgIpc) is 2.45. The fourth-order valence-corrected chi connectivity index (χ4v) is 3.83. The molecule has 0 aromatic heterocycles. The lowest BCUT2D eigenvalue weighted by Gasteiger charge is -2.34. The zero-order valence-electron chi connectivity index (χ0n) is 11.7. The van der Waals surface area contributed by atoms with Crippen LogP contribution in [0.15, 0.2) is 30.3 Å². The summed E-state index contributed by atoms with van der Waals surface area (Å²) in [5.41, 5.74) is 1.15. The van der Waals surface area contributed by atoms with Crippen LogP contribution in [0.3, 0.4) is 0 Å². The summed E-state index contributed by atoms with van der Waals surface area (Å²) in [5, 5.41) is 0. The molecule has 109 valence electrons. The highest BCUT2D eigenvalue weighted by Gasteiger charge is 2.30. The number of benzene rings is 1. The summed E-state index contributed by atoms with van der Waals surface area (Å²) >= 11 is 0. The van der Waals surface area contributed by atoms with Crippen LogP contribution in [0.5, 0.6) is 0 Å². The Morgan fingerprint density at radius 2 is 1.85 bits per heavy atom. The third-order valence-corrected chi connectivity index (χ3v) is 5.37. The summed E-state index contributed by atoms with van der Waals surface area (Å²) in [6.07, 6.45) is 5.26. The minimum atomic E-state index is -3.10. The largest absolute Gasteiger partial charge is 0.291 e. The summed E-state index contributed by atoms with van der Waals surface area (Å²) in [5.74, 6) is 0.493. The van der Waals surface area contributed by atoms with Crippen LogP contribution in [0.1, 0.15) is 30.7 Å². The molecule has 0 unspecified atom stereocenters. The molecule has 0 bridgehead atoms. The molecule has 1 fully saturated rings. The smallest absolute Gasteiger partial charge is 0.211 e. The molecule has 4 nitrogen and oxygen atoms in total. The molecule has 0 aliphatic carbocycles. The molecule has 1 radical (unpaired) electrons. The lowest BCUT2D eigenvalue weighted by molar-refractivity contribution is 0.245. The molecule has 1 heterocycles. The molecule has 5 heteroatoms. The maximum atomic E-state index is 11.5. The van der Waals surface area contributed by atoms with Crippen molar-refractivity contribution < 1.29 is 13.2 Å². The zero-order chi connectivity index (χ0) is 14.6. The molecule has 0 N–H and O–H groups in total. The number of nitrogens with zero attached hydrogens (tertiary/aromatic N) is 1. The molecule has 1 aliphatic rings. The summed E-state index contributed by atoms with van der Waals surface area (Å²) in [6, 6.07) is 9.96. The molecule has 1 aromatic rings. The summed E-state index contributed by atoms with van der Waals surface area (Å²) in [7, 11) is -3.10. The lowest BCUT2D eigenvalue weighted by Crippen LogP contribution is -2.39. The standard InChI is InChI=1S/C15H20NO3S/c1-20(18,19)16-10-7-14(8-11-16)15(9-12-17)13-5-3-2-4-6-13/h2-6,14-15H,7-11H2,1H3/t15-/m0/s1. The van der Waals surface area contributed by atoms with E-state index in [4.69, 9.17) is 0 Å². The van der Waals surface area contributed by atoms with Gasteiger partial charge in [0.1, 0.15) is 0 Å². The zero-order valence-corrected chi connectivity index (χ0v) is 12.5. The first-order chi connectivity index (χ1) is 9.52. The van der Waals surface area contributed by atoms with Crippen molar-refractivity contribution in [2.45, 2.75) is 25.2 Å². The highest BCUT2D eigenvalue weighted by atomic mass is 32.2. The van der Waals surface area contributed by atoms with Gasteiger partial charge in [0, 0.05) is 19.5 Å². The van der Waals surface area contributed by atoms with E-state index in [1.54, 1.807) is 0 Å². The van der Waals surface area contributed by atoms with E-state index in [1.807, 2.05) is 36.6 Å². The Balaban J connectivity index is 2.08. The molecule has 20 heavy (non-hydrogen) atoms. The van der Waals surface area contributed by atoms with Crippen molar-refractivity contribution >= 4 is 16.3 Å². The molecule has 1 aromatic carbocycles. The number of hydrogen-bond donors (Lipinski definition) is 0. The molecule has 0 amide bonds. The SMILES string of the molecule is CS(=O)(=O)N1CCC([C@@H](C[C]=O)c2ccccc2)CC1. The predicted molar refractivity (Wildman–Crippen MR) is 78.6 cm³/mol. The van der Waals surface area contributed by atoms with Gasteiger partial charge in [0.05, 0.1) is 6.26 Å². The maximum absolute atomic E-state index is 11.5. The van der Waals surface area contributed by atoms with Gasteiger partial charge in [-0.2, -0.15) is 0 Å². The number of carbonyl (C=O) groups excluding carboxylic acids is 1. The van der Waals surface area contributed by atoms with Gasteiger partial charge in [0.2, 0.25) is 10.0 Å². The molecule has 1 atom stereocenters. The highest BCUT2D eigenvalue weighted by molar-refractivity contribution is 7.88. The summed E-state index contributed by atoms with van der Waals surface area (Å²) in [6.45, 7) is 1.09. The third-order valence-electron chi connectivity index (χ3n) is 4.07. The lowest BCUT2D eigenvalue weighted by atomic mass is 9.79. The van der Waals surface area contributed by atoms with Crippen molar-refractivity contribution in [3.05, 3.63) is 35.9 Å². The topological polar surface area (TPSA) is 54.5 Å². The van der Waals surface area contributed by atoms with Gasteiger partial charge in [-0.15, -0.1) is 0 Å². The van der Waals surface area contributed by atoms with Crippen LogP contribution < -0.4 is 0 Å². The maximum Gasteiger partial charge on any atom is 0.211 e. The first kappa shape index (κ1) is 15.2. The molecule has 2 rings (SSSR count). The van der Waals surface area contributed by atoms with E-state index in [0.29, 0.717) is 25.4 Å². The molecule has 0 saturated carbocycles. The van der Waals surface area contributed by atoms with E-state index >= 15 is 0 Å². The molecule has 0 spiro atoms. The van der Waals surface area contributed by atoms with E-state index in [1.165, 1.54) is 10.6 Å². The van der Waals surface area contributed by atoms with Crippen molar-refractivity contribution in [1.82, 2.24) is 4.31 Å². The number of piperidine rings is 1. The minimum Gasteiger partial charge on any atom is -0.291 e. The molecular formula is C15H20NO3S. The first-order valence-electron chi connectivity index (χ1n) is 6.87. The van der Waals surface area contributed by atoms with Gasteiger partial charge in [-0.05, 0) is 30.2 Å². The molecular weight excluding hydrogens is 274 g/mol. The average molecular weight is 294 g/mol. The third kappa shape index (κ3) is 3.67. The van der Waals surface area contributed by atoms with E-state index in [2.05, 4.69) is 0 Å². The number of rotatable bonds is 5. The van der Waals surface area contributed by atoms with E-state index in [9.17, 15) is 13.2 Å². The van der Waals surface area contributed by atoms with Crippen molar-refractivity contribution in [3.8, 4) is 0 Å². The Labute approximate surface area is 120 Å². The fourth-order valence-electron chi connectivity index (χ4n) is 2.96. The van der Waals surface area contributed by atoms with E-state index < -0.39 is 10.0 Å². The van der Waals surface area contributed by atoms with Crippen molar-refractivity contribution in [2.24, 2.45) is 5.92 Å². The quantitative estimate of drug-likeness (QED) is 0.834. The van der Waals surface area contributed by atoms with Crippen LogP contribution in [0.4, 0.5) is 0 Å². The first-order valence-corrected chi connectivity index (χ1v) is 8.72. The molecule has 1 aliphatic heterocycles. The van der Waals surface area contributed by atoms with Crippen LogP contribution in [0.25, 0.3) is 0 Å². The van der Waals surface area contributed by atoms with Crippen LogP contribution in [-0.2, 0) is 14.8 Å². The van der Waals surface area contributed by atoms with Crippen LogP contribution in [0, 0.1) is 5.92 Å². The van der Waals surface area contributed by atoms with Crippen molar-refractivity contribution in [3.63, 3.8) is 0 Å². The van der Waals surface area contributed by atoms with Crippen LogP contribution in [-0.4, -0.2) is 38.4 Å². The second kappa shape index (κ2) is 6.50. The fraction of sp³-hybridized carbons (Fsp3) is 0.533. The minimum absolute atomic E-state index is 0.149. The Morgan fingerprint density at radius 3 is 2.35 bits per heavy atom. The Kier molecular flexibility index (Phi) is 4.94. The van der Waals surface area contributed by atoms with Gasteiger partial charge in [-0.25, -0.2) is 12.7 Å². The highest BCUT2D eigenvalue weighted by Crippen LogP contribution is 2.35. The van der Waals surface area contributed by atoms with E-state index in [-0.39, 0.29) is 5.92 Å². The van der Waals surface area contributed by atoms with Gasteiger partial charge in [0.25, 0.3) is 0 Å². The summed E-state index contributed by atoms with van der Waals surface area (Å²) < 4.78 is 24.6. The van der Waals surface area contributed by atoms with Gasteiger partial charge < -0.3 is 0 Å². The molecule has 1 saturated heterocycles. The van der Waals surface area contributed by atoms with Gasteiger partial charge >= 0.3 is 0 Å². The second-order valence-electron chi connectivity index (χ2n) is 5.37. The second-order valence-corrected chi connectivity index (χ2v) is 7.35. The normalized spacial score (nSPS) is 19.6. The van der Waals surface area contributed by atoms with Crippen LogP contribution in [0.2, 0.25) is 0 Å². The monoisotopic (exact) mass is 294 g/mol. The Bertz CT molecular complexity index is 533. The van der Waals surface area contributed by atoms with Crippen molar-refractivity contribution in [1.29, 1.82) is 0 Å². The number of sulfonamides is 1. The Morgan fingerprint density at radius 1 is 1.25 bits per heavy atom. The van der Waals surface area contributed by atoms with E-state index in [0.717, 1.165) is 18.4 Å². The van der Waals surface area contributed by atoms with Gasteiger partial charge in [-0.3, -0.25) is 4.79 Å². The van der Waals surface area contributed by atoms with Crippen LogP contribution >= 0.6 is 0 Å². The Hall–Kier alpha value is -1.20. The summed E-state index contributed by atoms with van der Waals surface area (Å²) in [4.78, 5) is 10.8. The van der Waals surface area contributed by atoms with Gasteiger partial charge in [-0.1, -0.05) is 30.3 Å². The number of hydrogen-bond acceptors (Lipinski definition) is 3.